The zero-order valence-electron chi connectivity index (χ0n) is 13.4. The predicted molar refractivity (Wildman–Crippen MR) is 90.7 cm³/mol. The van der Waals surface area contributed by atoms with Crippen LogP contribution in [0.3, 0.4) is 0 Å². The van der Waals surface area contributed by atoms with Gasteiger partial charge in [-0.1, -0.05) is 66.7 Å². The molecular weight excluding hydrogens is 288 g/mol. The van der Waals surface area contributed by atoms with Crippen molar-refractivity contribution in [2.24, 2.45) is 5.92 Å². The molecule has 0 heterocycles. The molecule has 2 atom stereocenters. The maximum absolute atomic E-state index is 12.2. The second-order valence-corrected chi connectivity index (χ2v) is 5.28. The molecule has 0 aromatic heterocycles. The van der Waals surface area contributed by atoms with Crippen molar-refractivity contribution in [1.29, 1.82) is 0 Å². The number of esters is 1. The van der Waals surface area contributed by atoms with Gasteiger partial charge in [-0.2, -0.15) is 0 Å². The fourth-order valence-corrected chi connectivity index (χ4v) is 2.52. The zero-order valence-corrected chi connectivity index (χ0v) is 13.4. The molecule has 0 aliphatic heterocycles. The number of methoxy groups -OCH3 is 1. The van der Waals surface area contributed by atoms with Gasteiger partial charge >= 0.3 is 5.97 Å². The van der Waals surface area contributed by atoms with Gasteiger partial charge < -0.3 is 9.47 Å². The Morgan fingerprint density at radius 1 is 1.09 bits per heavy atom. The summed E-state index contributed by atoms with van der Waals surface area (Å²) in [5.41, 5.74) is 2.02. The first-order chi connectivity index (χ1) is 11.3. The third-order valence-electron chi connectivity index (χ3n) is 3.69. The van der Waals surface area contributed by atoms with E-state index in [1.165, 1.54) is 7.11 Å². The average Bonchev–Trinajstić information content (AvgIpc) is 2.62. The minimum absolute atomic E-state index is 0.285. The molecule has 0 saturated carbocycles. The molecule has 120 valence electrons. The highest BCUT2D eigenvalue weighted by Crippen LogP contribution is 2.31. The molecule has 0 saturated heterocycles. The Kier molecular flexibility index (Phi) is 6.57. The summed E-state index contributed by atoms with van der Waals surface area (Å²) in [6.45, 7) is 4.18. The van der Waals surface area contributed by atoms with Crippen molar-refractivity contribution in [3.05, 3.63) is 84.4 Å². The SMILES string of the molecule is C=CC[C@@H](C(=O)OC)[C@H](OCc1ccccc1)c1ccccc1. The lowest BCUT2D eigenvalue weighted by Crippen LogP contribution is -2.25. The monoisotopic (exact) mass is 310 g/mol. The minimum atomic E-state index is -0.413. The van der Waals surface area contributed by atoms with Gasteiger partial charge in [-0.05, 0) is 17.5 Å². The van der Waals surface area contributed by atoms with Gasteiger partial charge in [0.1, 0.15) is 0 Å². The number of ether oxygens (including phenoxy) is 2. The van der Waals surface area contributed by atoms with Crippen molar-refractivity contribution in [1.82, 2.24) is 0 Å². The molecule has 0 N–H and O–H groups in total. The lowest BCUT2D eigenvalue weighted by molar-refractivity contribution is -0.152. The van der Waals surface area contributed by atoms with Gasteiger partial charge in [0, 0.05) is 0 Å². The molecule has 0 amide bonds. The topological polar surface area (TPSA) is 35.5 Å². The summed E-state index contributed by atoms with van der Waals surface area (Å²) in [6, 6.07) is 19.7. The maximum atomic E-state index is 12.2. The molecule has 0 fully saturated rings. The molecule has 2 aromatic carbocycles. The van der Waals surface area contributed by atoms with Gasteiger partial charge in [-0.15, -0.1) is 6.58 Å². The number of carbonyl (C=O) groups is 1. The normalized spacial score (nSPS) is 13.1. The minimum Gasteiger partial charge on any atom is -0.469 e. The van der Waals surface area contributed by atoms with Crippen LogP contribution in [-0.2, 0) is 20.9 Å². The molecule has 0 bridgehead atoms. The Morgan fingerprint density at radius 3 is 2.26 bits per heavy atom. The molecule has 2 rings (SSSR count). The number of benzene rings is 2. The van der Waals surface area contributed by atoms with E-state index in [-0.39, 0.29) is 12.1 Å². The summed E-state index contributed by atoms with van der Waals surface area (Å²) in [6.07, 6.45) is 1.85. The van der Waals surface area contributed by atoms with Crippen molar-refractivity contribution in [2.45, 2.75) is 19.1 Å². The van der Waals surface area contributed by atoms with E-state index >= 15 is 0 Å². The molecule has 0 aliphatic carbocycles. The highest BCUT2D eigenvalue weighted by atomic mass is 16.5. The molecule has 0 aliphatic rings. The van der Waals surface area contributed by atoms with Crippen molar-refractivity contribution in [2.75, 3.05) is 7.11 Å². The zero-order chi connectivity index (χ0) is 16.5. The number of hydrogen-bond donors (Lipinski definition) is 0. The summed E-state index contributed by atoms with van der Waals surface area (Å²) in [5.74, 6) is -0.699. The van der Waals surface area contributed by atoms with Crippen LogP contribution in [0.15, 0.2) is 73.3 Å². The third kappa shape index (κ3) is 4.80. The molecule has 3 nitrogen and oxygen atoms in total. The van der Waals surface area contributed by atoms with Gasteiger partial charge in [0.15, 0.2) is 0 Å². The van der Waals surface area contributed by atoms with Gasteiger partial charge in [-0.25, -0.2) is 0 Å². The quantitative estimate of drug-likeness (QED) is 0.538. The van der Waals surface area contributed by atoms with E-state index in [2.05, 4.69) is 6.58 Å². The van der Waals surface area contributed by atoms with Gasteiger partial charge in [0.2, 0.25) is 0 Å². The Labute approximate surface area is 137 Å². The van der Waals surface area contributed by atoms with Gasteiger partial charge in [-0.3, -0.25) is 4.79 Å². The second-order valence-electron chi connectivity index (χ2n) is 5.28. The van der Waals surface area contributed by atoms with Gasteiger partial charge in [0.05, 0.1) is 25.7 Å². The maximum Gasteiger partial charge on any atom is 0.311 e. The Hall–Kier alpha value is -2.39. The summed E-state index contributed by atoms with van der Waals surface area (Å²) in [4.78, 5) is 12.2. The van der Waals surface area contributed by atoms with Crippen LogP contribution < -0.4 is 0 Å². The van der Waals surface area contributed by atoms with Crippen LogP contribution in [0.2, 0.25) is 0 Å². The number of rotatable bonds is 8. The van der Waals surface area contributed by atoms with Crippen LogP contribution >= 0.6 is 0 Å². The van der Waals surface area contributed by atoms with E-state index in [1.54, 1.807) is 6.08 Å². The Bertz CT molecular complexity index is 607. The van der Waals surface area contributed by atoms with Crippen LogP contribution in [0.1, 0.15) is 23.7 Å². The second kappa shape index (κ2) is 8.91. The molecular formula is C20H22O3. The fourth-order valence-electron chi connectivity index (χ4n) is 2.52. The van der Waals surface area contributed by atoms with E-state index in [1.807, 2.05) is 60.7 Å². The average molecular weight is 310 g/mol. The van der Waals surface area contributed by atoms with Gasteiger partial charge in [0.25, 0.3) is 0 Å². The van der Waals surface area contributed by atoms with Crippen LogP contribution in [0.25, 0.3) is 0 Å². The summed E-state index contributed by atoms with van der Waals surface area (Å²) in [5, 5.41) is 0. The molecule has 0 spiro atoms. The van der Waals surface area contributed by atoms with Crippen molar-refractivity contribution >= 4 is 5.97 Å². The largest absolute Gasteiger partial charge is 0.469 e. The predicted octanol–water partition coefficient (Wildman–Crippen LogP) is 4.31. The first kappa shape index (κ1) is 17.0. The van der Waals surface area contributed by atoms with E-state index < -0.39 is 5.92 Å². The van der Waals surface area contributed by atoms with Crippen molar-refractivity contribution < 1.29 is 14.3 Å². The van der Waals surface area contributed by atoms with Crippen LogP contribution in [-0.4, -0.2) is 13.1 Å². The van der Waals surface area contributed by atoms with Crippen molar-refractivity contribution in [3.8, 4) is 0 Å². The fraction of sp³-hybridized carbons (Fsp3) is 0.250. The van der Waals surface area contributed by atoms with E-state index in [4.69, 9.17) is 9.47 Å². The first-order valence-corrected chi connectivity index (χ1v) is 7.65. The number of carbonyl (C=O) groups excluding carboxylic acids is 1. The smallest absolute Gasteiger partial charge is 0.311 e. The van der Waals surface area contributed by atoms with Crippen LogP contribution in [0, 0.1) is 5.92 Å². The summed E-state index contributed by atoms with van der Waals surface area (Å²) < 4.78 is 11.1. The third-order valence-corrected chi connectivity index (χ3v) is 3.69. The Morgan fingerprint density at radius 2 is 1.70 bits per heavy atom. The first-order valence-electron chi connectivity index (χ1n) is 7.65. The van der Waals surface area contributed by atoms with E-state index in [0.29, 0.717) is 13.0 Å². The molecule has 23 heavy (non-hydrogen) atoms. The highest BCUT2D eigenvalue weighted by molar-refractivity contribution is 5.73. The van der Waals surface area contributed by atoms with Crippen LogP contribution in [0.4, 0.5) is 0 Å². The standard InChI is InChI=1S/C20H22O3/c1-3-10-18(20(21)22-2)19(17-13-8-5-9-14-17)23-15-16-11-6-4-7-12-16/h3-9,11-14,18-19H,1,10,15H2,2H3/t18-,19-/m1/s1. The summed E-state index contributed by atoms with van der Waals surface area (Å²) in [7, 11) is 1.40. The molecule has 0 unspecified atom stereocenters. The summed E-state index contributed by atoms with van der Waals surface area (Å²) >= 11 is 0. The number of allylic oxidation sites excluding steroid dienone is 1. The van der Waals surface area contributed by atoms with E-state index in [9.17, 15) is 4.79 Å². The lowest BCUT2D eigenvalue weighted by Gasteiger charge is -2.25. The van der Waals surface area contributed by atoms with E-state index in [0.717, 1.165) is 11.1 Å². The molecule has 0 radical (unpaired) electrons. The Balaban J connectivity index is 2.23. The van der Waals surface area contributed by atoms with Crippen LogP contribution in [0.5, 0.6) is 0 Å². The lowest BCUT2D eigenvalue weighted by atomic mass is 9.92. The number of hydrogen-bond acceptors (Lipinski definition) is 3. The molecule has 3 heteroatoms. The highest BCUT2D eigenvalue weighted by Gasteiger charge is 2.30. The molecule has 2 aromatic rings. The van der Waals surface area contributed by atoms with Crippen molar-refractivity contribution in [3.63, 3.8) is 0 Å².